The van der Waals surface area contributed by atoms with Crippen molar-refractivity contribution < 1.29 is 4.42 Å². The van der Waals surface area contributed by atoms with Crippen molar-refractivity contribution in [2.24, 2.45) is 0 Å². The van der Waals surface area contributed by atoms with Gasteiger partial charge in [0.25, 0.3) is 0 Å². The van der Waals surface area contributed by atoms with Crippen molar-refractivity contribution in [2.45, 2.75) is 0 Å². The number of hydrogen-bond acceptors (Lipinski definition) is 3. The van der Waals surface area contributed by atoms with E-state index in [1.165, 1.54) is 20.9 Å². The first-order valence-electron chi connectivity index (χ1n) is 7.81. The molecule has 0 amide bonds. The van der Waals surface area contributed by atoms with E-state index in [-0.39, 0.29) is 0 Å². The molecule has 0 bridgehead atoms. The van der Waals surface area contributed by atoms with Gasteiger partial charge in [0.15, 0.2) is 5.76 Å². The molecule has 0 unspecified atom stereocenters. The van der Waals surface area contributed by atoms with E-state index in [1.54, 1.807) is 11.3 Å². The van der Waals surface area contributed by atoms with E-state index in [9.17, 15) is 0 Å². The number of aromatic nitrogens is 1. The van der Waals surface area contributed by atoms with Gasteiger partial charge < -0.3 is 4.42 Å². The zero-order valence-electron chi connectivity index (χ0n) is 12.8. The molecule has 0 saturated heterocycles. The summed E-state index contributed by atoms with van der Waals surface area (Å²) < 4.78 is 7.28. The number of fused-ring (bicyclic) bond motifs is 2. The fourth-order valence-corrected chi connectivity index (χ4v) is 3.95. The van der Waals surface area contributed by atoms with Crippen LogP contribution in [0.3, 0.4) is 0 Å². The van der Waals surface area contributed by atoms with Crippen molar-refractivity contribution in [1.29, 1.82) is 0 Å². The second-order valence-electron chi connectivity index (χ2n) is 5.74. The average molecular weight is 327 g/mol. The highest BCUT2D eigenvalue weighted by Gasteiger charge is 2.11. The lowest BCUT2D eigenvalue weighted by molar-refractivity contribution is 0.590. The second kappa shape index (κ2) is 5.32. The molecule has 114 valence electrons. The third kappa shape index (κ3) is 2.22. The molecule has 24 heavy (non-hydrogen) atoms. The molecule has 2 aromatic heterocycles. The number of thiophene rings is 1. The molecule has 0 aliphatic carbocycles. The van der Waals surface area contributed by atoms with Gasteiger partial charge in [-0.05, 0) is 34.4 Å². The maximum absolute atomic E-state index is 6.03. The Morgan fingerprint density at radius 2 is 1.54 bits per heavy atom. The lowest BCUT2D eigenvalue weighted by atomic mass is 10.1. The molecule has 0 fully saturated rings. The second-order valence-corrected chi connectivity index (χ2v) is 6.82. The molecule has 2 heterocycles. The fraction of sp³-hybridized carbons (Fsp3) is 0. The van der Waals surface area contributed by atoms with Crippen LogP contribution >= 0.6 is 11.3 Å². The molecule has 0 N–H and O–H groups in total. The molecule has 5 aromatic rings. The van der Waals surface area contributed by atoms with Gasteiger partial charge in [0.05, 0.1) is 11.1 Å². The van der Waals surface area contributed by atoms with Gasteiger partial charge in [0, 0.05) is 10.3 Å². The van der Waals surface area contributed by atoms with E-state index in [0.29, 0.717) is 5.89 Å². The highest BCUT2D eigenvalue weighted by Crippen LogP contribution is 2.35. The Labute approximate surface area is 143 Å². The molecule has 0 aliphatic heterocycles. The van der Waals surface area contributed by atoms with Crippen LogP contribution < -0.4 is 0 Å². The molecular formula is C21H13NOS. The minimum absolute atomic E-state index is 0.680. The molecule has 0 radical (unpaired) electrons. The zero-order chi connectivity index (χ0) is 15.9. The van der Waals surface area contributed by atoms with Crippen LogP contribution in [0.2, 0.25) is 0 Å². The van der Waals surface area contributed by atoms with Gasteiger partial charge in [-0.25, -0.2) is 4.98 Å². The summed E-state index contributed by atoms with van der Waals surface area (Å²) in [6, 6.07) is 25.1. The third-order valence-corrected chi connectivity index (χ3v) is 5.28. The highest BCUT2D eigenvalue weighted by molar-refractivity contribution is 7.22. The van der Waals surface area contributed by atoms with Crippen LogP contribution in [-0.4, -0.2) is 4.98 Å². The molecule has 2 nitrogen and oxygen atoms in total. The summed E-state index contributed by atoms with van der Waals surface area (Å²) in [5.74, 6) is 1.48. The molecule has 5 rings (SSSR count). The Morgan fingerprint density at radius 3 is 2.42 bits per heavy atom. The van der Waals surface area contributed by atoms with Crippen molar-refractivity contribution in [3.63, 3.8) is 0 Å². The van der Waals surface area contributed by atoms with Crippen molar-refractivity contribution >= 4 is 32.2 Å². The number of benzene rings is 3. The third-order valence-electron chi connectivity index (χ3n) is 4.18. The minimum Gasteiger partial charge on any atom is -0.435 e. The number of nitrogens with zero attached hydrogens (tertiary/aromatic N) is 1. The van der Waals surface area contributed by atoms with E-state index in [4.69, 9.17) is 4.42 Å². The van der Waals surface area contributed by atoms with Gasteiger partial charge in [0.1, 0.15) is 0 Å². The lowest BCUT2D eigenvalue weighted by Crippen LogP contribution is -1.76. The van der Waals surface area contributed by atoms with E-state index >= 15 is 0 Å². The quantitative estimate of drug-likeness (QED) is 0.376. The Bertz CT molecular complexity index is 1140. The first kappa shape index (κ1) is 13.5. The molecule has 0 aliphatic rings. The van der Waals surface area contributed by atoms with Crippen molar-refractivity contribution in [3.05, 3.63) is 79.0 Å². The summed E-state index contributed by atoms with van der Waals surface area (Å²) in [5.41, 5.74) is 1.05. The number of rotatable bonds is 2. The summed E-state index contributed by atoms with van der Waals surface area (Å²) in [4.78, 5) is 5.54. The van der Waals surface area contributed by atoms with Crippen LogP contribution in [-0.2, 0) is 0 Å². The van der Waals surface area contributed by atoms with Crippen LogP contribution in [0.15, 0.2) is 83.4 Å². The van der Waals surface area contributed by atoms with Gasteiger partial charge in [-0.3, -0.25) is 0 Å². The summed E-state index contributed by atoms with van der Waals surface area (Å²) >= 11 is 1.71. The van der Waals surface area contributed by atoms with Gasteiger partial charge in [-0.15, -0.1) is 11.3 Å². The maximum atomic E-state index is 6.03. The van der Waals surface area contributed by atoms with Crippen molar-refractivity contribution in [1.82, 2.24) is 4.98 Å². The first-order valence-corrected chi connectivity index (χ1v) is 8.62. The number of hydrogen-bond donors (Lipinski definition) is 0. The molecule has 0 spiro atoms. The largest absolute Gasteiger partial charge is 0.435 e. The van der Waals surface area contributed by atoms with Crippen molar-refractivity contribution in [3.8, 4) is 22.1 Å². The van der Waals surface area contributed by atoms with Crippen LogP contribution in [0.1, 0.15) is 0 Å². The van der Waals surface area contributed by atoms with Crippen LogP contribution in [0.25, 0.3) is 43.0 Å². The van der Waals surface area contributed by atoms with Crippen LogP contribution in [0.5, 0.6) is 0 Å². The average Bonchev–Trinajstić information content (AvgIpc) is 3.28. The summed E-state index contributed by atoms with van der Waals surface area (Å²) in [6.45, 7) is 0. The lowest BCUT2D eigenvalue weighted by Gasteiger charge is -2.00. The summed E-state index contributed by atoms with van der Waals surface area (Å²) in [7, 11) is 0. The summed E-state index contributed by atoms with van der Waals surface area (Å²) in [5, 5.41) is 3.66. The van der Waals surface area contributed by atoms with Crippen LogP contribution in [0.4, 0.5) is 0 Å². The number of oxazole rings is 1. The predicted molar refractivity (Wildman–Crippen MR) is 100 cm³/mol. The van der Waals surface area contributed by atoms with Gasteiger partial charge >= 0.3 is 0 Å². The Kier molecular flexibility index (Phi) is 3.00. The van der Waals surface area contributed by atoms with Crippen molar-refractivity contribution in [2.75, 3.05) is 0 Å². The van der Waals surface area contributed by atoms with E-state index in [2.05, 4.69) is 77.8 Å². The smallest absolute Gasteiger partial charge is 0.236 e. The monoisotopic (exact) mass is 327 g/mol. The summed E-state index contributed by atoms with van der Waals surface area (Å²) in [6.07, 6.45) is 1.81. The Hall–Kier alpha value is -2.91. The normalized spacial score (nSPS) is 11.3. The minimum atomic E-state index is 0.680. The molecular weight excluding hydrogens is 314 g/mol. The highest BCUT2D eigenvalue weighted by atomic mass is 32.1. The predicted octanol–water partition coefficient (Wildman–Crippen LogP) is 6.38. The fourth-order valence-electron chi connectivity index (χ4n) is 2.95. The Morgan fingerprint density at radius 1 is 0.750 bits per heavy atom. The molecule has 3 aromatic carbocycles. The topological polar surface area (TPSA) is 26.0 Å². The van der Waals surface area contributed by atoms with Gasteiger partial charge in [-0.1, -0.05) is 54.6 Å². The van der Waals surface area contributed by atoms with E-state index < -0.39 is 0 Å². The van der Waals surface area contributed by atoms with E-state index in [0.717, 1.165) is 16.2 Å². The SMILES string of the molecule is c1ccc2cc(-c3cnc(-c4cc5ccccc5s4)o3)ccc2c1. The Balaban J connectivity index is 1.58. The molecule has 3 heteroatoms. The zero-order valence-corrected chi connectivity index (χ0v) is 13.6. The van der Waals surface area contributed by atoms with E-state index in [1.807, 2.05) is 6.20 Å². The first-order chi connectivity index (χ1) is 11.9. The molecule has 0 atom stereocenters. The standard InChI is InChI=1S/C21H13NOS/c1-2-6-15-11-16(10-9-14(15)5-1)18-13-22-21(23-18)20-12-17-7-3-4-8-19(17)24-20/h1-13H. The maximum Gasteiger partial charge on any atom is 0.236 e. The molecule has 0 saturated carbocycles. The van der Waals surface area contributed by atoms with Crippen LogP contribution in [0, 0.1) is 0 Å². The van der Waals surface area contributed by atoms with Gasteiger partial charge in [-0.2, -0.15) is 0 Å². The van der Waals surface area contributed by atoms with Gasteiger partial charge in [0.2, 0.25) is 5.89 Å².